The first kappa shape index (κ1) is 17.2. The molecule has 0 saturated carbocycles. The number of halogens is 2. The Bertz CT molecular complexity index is 380. The van der Waals surface area contributed by atoms with Gasteiger partial charge in [0.25, 0.3) is 0 Å². The van der Waals surface area contributed by atoms with Crippen LogP contribution in [0.1, 0.15) is 25.0 Å². The fourth-order valence-corrected chi connectivity index (χ4v) is 2.58. The molecular formula is C14H16Br2Fe-6. The van der Waals surface area contributed by atoms with Gasteiger partial charge in [0, 0.05) is 17.1 Å². The molecule has 0 aliphatic rings. The van der Waals surface area contributed by atoms with Gasteiger partial charge in [-0.15, -0.1) is 5.56 Å². The van der Waals surface area contributed by atoms with E-state index in [0.29, 0.717) is 0 Å². The van der Waals surface area contributed by atoms with E-state index >= 15 is 0 Å². The van der Waals surface area contributed by atoms with Crippen LogP contribution in [0.5, 0.6) is 0 Å². The summed E-state index contributed by atoms with van der Waals surface area (Å²) in [6.07, 6.45) is 2.25. The van der Waals surface area contributed by atoms with E-state index in [1.807, 2.05) is 24.3 Å². The molecule has 0 aliphatic carbocycles. The summed E-state index contributed by atoms with van der Waals surface area (Å²) in [5.41, 5.74) is 2.86. The summed E-state index contributed by atoms with van der Waals surface area (Å²) in [7, 11) is 0. The molecular weight excluding hydrogens is 384 g/mol. The van der Waals surface area contributed by atoms with Gasteiger partial charge in [-0.25, -0.2) is 6.07 Å². The average molecular weight is 400 g/mol. The Hall–Kier alpha value is 0.179. The molecule has 2 rings (SSSR count). The maximum absolute atomic E-state index is 3.57. The van der Waals surface area contributed by atoms with Crippen LogP contribution in [0.2, 0.25) is 0 Å². The first-order valence-corrected chi connectivity index (χ1v) is 7.07. The average Bonchev–Trinajstić information content (AvgIpc) is 2.88. The van der Waals surface area contributed by atoms with Crippen molar-refractivity contribution in [1.82, 2.24) is 0 Å². The van der Waals surface area contributed by atoms with Crippen molar-refractivity contribution in [2.24, 2.45) is 0 Å². The summed E-state index contributed by atoms with van der Waals surface area (Å²) < 4.78 is 2.47. The number of rotatable bonds is 2. The molecule has 2 aromatic rings. The van der Waals surface area contributed by atoms with Gasteiger partial charge in [-0.1, -0.05) is 47.1 Å². The van der Waals surface area contributed by atoms with Gasteiger partial charge in [-0.2, -0.15) is 11.6 Å². The topological polar surface area (TPSA) is 0 Å². The number of hydrogen-bond acceptors (Lipinski definition) is 0. The molecule has 0 unspecified atom stereocenters. The summed E-state index contributed by atoms with van der Waals surface area (Å²) in [6.45, 7) is 4.36. The SMILES string of the molecule is Br[c-]1[cH-][cH-][cH-][cH-]1.CCc1cc[c-](CC)c1Br.[Fe]. The van der Waals surface area contributed by atoms with Crippen LogP contribution in [0.15, 0.2) is 45.3 Å². The van der Waals surface area contributed by atoms with E-state index < -0.39 is 0 Å². The second kappa shape index (κ2) is 9.16. The fourth-order valence-electron chi connectivity index (χ4n) is 1.45. The Morgan fingerprint density at radius 1 is 1.24 bits per heavy atom. The van der Waals surface area contributed by atoms with Crippen molar-refractivity contribution < 1.29 is 17.1 Å². The number of aryl methyl sites for hydroxylation is 2. The van der Waals surface area contributed by atoms with Crippen LogP contribution in [-0.2, 0) is 29.9 Å². The third-order valence-electron chi connectivity index (χ3n) is 2.43. The Labute approximate surface area is 131 Å². The summed E-state index contributed by atoms with van der Waals surface area (Å²) in [5.74, 6) is 0. The second-order valence-electron chi connectivity index (χ2n) is 3.51. The minimum absolute atomic E-state index is 0. The first-order valence-electron chi connectivity index (χ1n) is 5.49. The molecule has 2 aromatic carbocycles. The van der Waals surface area contributed by atoms with Crippen LogP contribution in [0.25, 0.3) is 0 Å². The van der Waals surface area contributed by atoms with Gasteiger partial charge < -0.3 is 44.7 Å². The fraction of sp³-hybridized carbons (Fsp3) is 0.286. The molecule has 17 heavy (non-hydrogen) atoms. The van der Waals surface area contributed by atoms with E-state index in [1.165, 1.54) is 15.6 Å². The zero-order valence-electron chi connectivity index (χ0n) is 9.99. The second-order valence-corrected chi connectivity index (χ2v) is 5.22. The standard InChI is InChI=1S/C9H12Br.C5H4Br.Fe/c1-3-7-5-6-8(4-2)9(7)10;6-5-3-1-2-4-5;/h5-6H,3-4H2,1-2H3;1-4H;/q-1;-5;. The van der Waals surface area contributed by atoms with E-state index in [0.717, 1.165) is 17.3 Å². The van der Waals surface area contributed by atoms with Crippen molar-refractivity contribution >= 4 is 31.9 Å². The molecule has 0 radical (unpaired) electrons. The predicted molar refractivity (Wildman–Crippen MR) is 78.2 cm³/mol. The van der Waals surface area contributed by atoms with E-state index in [9.17, 15) is 0 Å². The van der Waals surface area contributed by atoms with Crippen LogP contribution in [0.3, 0.4) is 0 Å². The van der Waals surface area contributed by atoms with Crippen molar-refractivity contribution in [2.45, 2.75) is 26.7 Å². The van der Waals surface area contributed by atoms with Crippen LogP contribution in [-0.4, -0.2) is 0 Å². The van der Waals surface area contributed by atoms with Gasteiger partial charge >= 0.3 is 0 Å². The van der Waals surface area contributed by atoms with E-state index in [-0.39, 0.29) is 17.1 Å². The molecule has 0 spiro atoms. The Morgan fingerprint density at radius 2 is 1.82 bits per heavy atom. The Balaban J connectivity index is 0.000000316. The van der Waals surface area contributed by atoms with Crippen LogP contribution >= 0.6 is 31.9 Å². The third kappa shape index (κ3) is 5.56. The number of hydrogen-bond donors (Lipinski definition) is 0. The predicted octanol–water partition coefficient (Wildman–Crippen LogP) is 5.46. The van der Waals surface area contributed by atoms with Gasteiger partial charge in [0.1, 0.15) is 0 Å². The normalized spacial score (nSPS) is 9.18. The van der Waals surface area contributed by atoms with Crippen molar-refractivity contribution in [2.75, 3.05) is 0 Å². The van der Waals surface area contributed by atoms with Crippen LogP contribution in [0.4, 0.5) is 0 Å². The summed E-state index contributed by atoms with van der Waals surface area (Å²) >= 11 is 6.85. The minimum Gasteiger partial charge on any atom is -0.747 e. The third-order valence-corrected chi connectivity index (χ3v) is 3.98. The minimum atomic E-state index is 0. The molecule has 0 atom stereocenters. The largest absolute Gasteiger partial charge is 0.747 e. The molecule has 0 N–H and O–H groups in total. The molecule has 0 heterocycles. The maximum atomic E-state index is 3.57. The zero-order chi connectivity index (χ0) is 12.0. The van der Waals surface area contributed by atoms with Crippen molar-refractivity contribution in [1.29, 1.82) is 0 Å². The van der Waals surface area contributed by atoms with Crippen molar-refractivity contribution in [3.05, 3.63) is 56.5 Å². The molecule has 0 fully saturated rings. The quantitative estimate of drug-likeness (QED) is 0.464. The Morgan fingerprint density at radius 3 is 2.06 bits per heavy atom. The van der Waals surface area contributed by atoms with Crippen molar-refractivity contribution in [3.63, 3.8) is 0 Å². The van der Waals surface area contributed by atoms with Crippen LogP contribution < -0.4 is 0 Å². The zero-order valence-corrected chi connectivity index (χ0v) is 14.3. The van der Waals surface area contributed by atoms with Crippen LogP contribution in [0, 0.1) is 0 Å². The van der Waals surface area contributed by atoms with Gasteiger partial charge in [0.15, 0.2) is 0 Å². The molecule has 0 nitrogen and oxygen atoms in total. The molecule has 0 saturated heterocycles. The smallest absolute Gasteiger partial charge is 0 e. The van der Waals surface area contributed by atoms with E-state index in [2.05, 4.69) is 57.8 Å². The summed E-state index contributed by atoms with van der Waals surface area (Å²) in [4.78, 5) is 0. The van der Waals surface area contributed by atoms with Gasteiger partial charge in [-0.05, 0) is 0 Å². The summed E-state index contributed by atoms with van der Waals surface area (Å²) in [5, 5.41) is 0. The maximum Gasteiger partial charge on any atom is 0 e. The van der Waals surface area contributed by atoms with Gasteiger partial charge in [0.2, 0.25) is 0 Å². The molecule has 100 valence electrons. The monoisotopic (exact) mass is 398 g/mol. The van der Waals surface area contributed by atoms with E-state index in [1.54, 1.807) is 0 Å². The summed E-state index contributed by atoms with van der Waals surface area (Å²) in [6, 6.07) is 12.4. The van der Waals surface area contributed by atoms with Crippen molar-refractivity contribution in [3.8, 4) is 0 Å². The van der Waals surface area contributed by atoms with Gasteiger partial charge in [0.05, 0.1) is 0 Å². The first-order chi connectivity index (χ1) is 7.69. The molecule has 3 heteroatoms. The van der Waals surface area contributed by atoms with E-state index in [4.69, 9.17) is 0 Å². The molecule has 0 aromatic heterocycles. The Kier molecular flexibility index (Phi) is 9.25. The molecule has 0 aliphatic heterocycles. The molecule has 0 amide bonds. The molecule has 0 bridgehead atoms. The van der Waals surface area contributed by atoms with Gasteiger partial charge in [-0.3, -0.25) is 0 Å².